The van der Waals surface area contributed by atoms with Crippen molar-refractivity contribution < 1.29 is 4.52 Å². The van der Waals surface area contributed by atoms with E-state index in [-0.39, 0.29) is 0 Å². The van der Waals surface area contributed by atoms with Gasteiger partial charge in [0.15, 0.2) is 0 Å². The van der Waals surface area contributed by atoms with Gasteiger partial charge >= 0.3 is 0 Å². The molecule has 1 aromatic heterocycles. The fraction of sp³-hybridized carbons (Fsp3) is 0.333. The van der Waals surface area contributed by atoms with Crippen LogP contribution in [0.5, 0.6) is 0 Å². The average molecular weight is 179 g/mol. The fourth-order valence-electron chi connectivity index (χ4n) is 0.959. The molecule has 0 spiro atoms. The number of rotatable bonds is 2. The van der Waals surface area contributed by atoms with Crippen LogP contribution in [0.4, 0.5) is 5.88 Å². The second kappa shape index (κ2) is 3.89. The Morgan fingerprint density at radius 3 is 2.77 bits per heavy atom. The minimum absolute atomic E-state index is 0.304. The molecule has 0 fully saturated rings. The van der Waals surface area contributed by atoms with Crippen LogP contribution in [0.15, 0.2) is 15.1 Å². The molecule has 0 aliphatic heterocycles. The predicted molar refractivity (Wildman–Crippen MR) is 53.8 cm³/mol. The Bertz CT molecular complexity index is 346. The third-order valence-electron chi connectivity index (χ3n) is 1.47. The molecule has 1 rings (SSSR count). The molecule has 0 saturated carbocycles. The summed E-state index contributed by atoms with van der Waals surface area (Å²) in [5.41, 5.74) is 8.16. The maximum atomic E-state index is 5.55. The lowest BCUT2D eigenvalue weighted by molar-refractivity contribution is 0.435. The molecular weight excluding hydrogens is 166 g/mol. The first kappa shape index (κ1) is 9.51. The Morgan fingerprint density at radius 2 is 2.23 bits per heavy atom. The molecule has 0 aromatic carbocycles. The van der Waals surface area contributed by atoms with Crippen molar-refractivity contribution in [2.75, 3.05) is 12.8 Å². The molecule has 0 saturated heterocycles. The van der Waals surface area contributed by atoms with Crippen LogP contribution in [0.1, 0.15) is 25.1 Å². The first-order valence-corrected chi connectivity index (χ1v) is 3.97. The van der Waals surface area contributed by atoms with Crippen LogP contribution in [-0.2, 0) is 0 Å². The highest BCUT2D eigenvalue weighted by molar-refractivity contribution is 5.89. The molecule has 0 unspecified atom stereocenters. The zero-order valence-electron chi connectivity index (χ0n) is 8.03. The van der Waals surface area contributed by atoms with E-state index >= 15 is 0 Å². The summed E-state index contributed by atoms with van der Waals surface area (Å²) in [5, 5.41) is 3.81. The van der Waals surface area contributed by atoms with Crippen molar-refractivity contribution >= 4 is 18.2 Å². The molecule has 13 heavy (non-hydrogen) atoms. The number of nitrogens with zero attached hydrogens (tertiary/aromatic N) is 2. The van der Waals surface area contributed by atoms with E-state index < -0.39 is 0 Å². The molecule has 0 radical (unpaired) electrons. The van der Waals surface area contributed by atoms with Gasteiger partial charge in [-0.1, -0.05) is 10.7 Å². The third kappa shape index (κ3) is 2.18. The van der Waals surface area contributed by atoms with Crippen molar-refractivity contribution in [3.05, 3.63) is 16.8 Å². The lowest BCUT2D eigenvalue weighted by Crippen LogP contribution is -1.90. The summed E-state index contributed by atoms with van der Waals surface area (Å²) >= 11 is 0. The second-order valence-electron chi connectivity index (χ2n) is 2.95. The smallest absolute Gasteiger partial charge is 0.231 e. The van der Waals surface area contributed by atoms with Crippen molar-refractivity contribution in [2.24, 2.45) is 4.99 Å². The highest BCUT2D eigenvalue weighted by Gasteiger charge is 2.08. The molecule has 4 nitrogen and oxygen atoms in total. The first-order chi connectivity index (χ1) is 6.15. The van der Waals surface area contributed by atoms with E-state index in [4.69, 9.17) is 10.3 Å². The highest BCUT2D eigenvalue weighted by atomic mass is 16.5. The first-order valence-electron chi connectivity index (χ1n) is 3.97. The van der Waals surface area contributed by atoms with Gasteiger partial charge in [-0.2, -0.15) is 0 Å². The van der Waals surface area contributed by atoms with E-state index in [2.05, 4.69) is 10.1 Å². The normalized spacial score (nSPS) is 10.7. The van der Waals surface area contributed by atoms with Gasteiger partial charge in [-0.15, -0.1) is 0 Å². The quantitative estimate of drug-likeness (QED) is 0.703. The number of aromatic nitrogens is 1. The van der Waals surface area contributed by atoms with Gasteiger partial charge in [0.2, 0.25) is 5.88 Å². The van der Waals surface area contributed by atoms with Crippen LogP contribution in [-0.4, -0.2) is 18.4 Å². The summed E-state index contributed by atoms with van der Waals surface area (Å²) in [6.07, 6.45) is 3.54. The minimum atomic E-state index is 0.304. The largest absolute Gasteiger partial charge is 0.367 e. The Kier molecular flexibility index (Phi) is 2.84. The van der Waals surface area contributed by atoms with Crippen LogP contribution in [0.2, 0.25) is 0 Å². The second-order valence-corrected chi connectivity index (χ2v) is 2.95. The number of nitrogens with two attached hydrogens (primary N) is 1. The number of hydrogen-bond acceptors (Lipinski definition) is 4. The van der Waals surface area contributed by atoms with E-state index in [0.717, 1.165) is 16.8 Å². The van der Waals surface area contributed by atoms with Gasteiger partial charge in [-0.25, -0.2) is 0 Å². The minimum Gasteiger partial charge on any atom is -0.367 e. The average Bonchev–Trinajstić information content (AvgIpc) is 2.35. The summed E-state index contributed by atoms with van der Waals surface area (Å²) < 4.78 is 4.84. The number of allylic oxidation sites excluding steroid dienone is 1. The Balaban J connectivity index is 3.15. The van der Waals surface area contributed by atoms with Crippen LogP contribution < -0.4 is 5.73 Å². The summed E-state index contributed by atoms with van der Waals surface area (Å²) in [6, 6.07) is 0. The van der Waals surface area contributed by atoms with E-state index in [1.54, 1.807) is 13.3 Å². The van der Waals surface area contributed by atoms with Crippen LogP contribution >= 0.6 is 0 Å². The van der Waals surface area contributed by atoms with Crippen molar-refractivity contribution in [3.63, 3.8) is 0 Å². The summed E-state index contributed by atoms with van der Waals surface area (Å²) in [5.74, 6) is 0.304. The van der Waals surface area contributed by atoms with Crippen LogP contribution in [0.3, 0.4) is 0 Å². The molecule has 0 aliphatic rings. The highest BCUT2D eigenvalue weighted by Crippen LogP contribution is 2.16. The van der Waals surface area contributed by atoms with Gasteiger partial charge in [-0.05, 0) is 19.9 Å². The summed E-state index contributed by atoms with van der Waals surface area (Å²) in [4.78, 5) is 3.87. The van der Waals surface area contributed by atoms with E-state index in [9.17, 15) is 0 Å². The topological polar surface area (TPSA) is 64.4 Å². The van der Waals surface area contributed by atoms with Crippen molar-refractivity contribution in [2.45, 2.75) is 13.8 Å². The van der Waals surface area contributed by atoms with Crippen molar-refractivity contribution in [1.82, 2.24) is 5.16 Å². The van der Waals surface area contributed by atoms with Crippen molar-refractivity contribution in [1.29, 1.82) is 0 Å². The van der Waals surface area contributed by atoms with Gasteiger partial charge in [0, 0.05) is 13.3 Å². The Labute approximate surface area is 77.1 Å². The standard InChI is InChI=1S/C9H13N3O/c1-6(2)4-8-7(5-11-3)9(10)13-12-8/h4-5H,10H2,1-3H3. The van der Waals surface area contributed by atoms with Gasteiger partial charge in [-0.3, -0.25) is 4.99 Å². The third-order valence-corrected chi connectivity index (χ3v) is 1.47. The van der Waals surface area contributed by atoms with Gasteiger partial charge in [0.1, 0.15) is 5.69 Å². The number of anilines is 1. The zero-order valence-corrected chi connectivity index (χ0v) is 8.03. The molecule has 0 aliphatic carbocycles. The SMILES string of the molecule is CN=Cc1c(C=C(C)C)noc1N. The molecule has 0 amide bonds. The maximum Gasteiger partial charge on any atom is 0.231 e. The van der Waals surface area contributed by atoms with Gasteiger partial charge in [0.05, 0.1) is 5.56 Å². The van der Waals surface area contributed by atoms with E-state index in [1.807, 2.05) is 19.9 Å². The Hall–Kier alpha value is -1.58. The number of aliphatic imine (C=N–C) groups is 1. The molecule has 70 valence electrons. The summed E-state index contributed by atoms with van der Waals surface area (Å²) in [6.45, 7) is 3.97. The molecule has 4 heteroatoms. The van der Waals surface area contributed by atoms with Crippen molar-refractivity contribution in [3.8, 4) is 0 Å². The predicted octanol–water partition coefficient (Wildman–Crippen LogP) is 1.73. The van der Waals surface area contributed by atoms with Gasteiger partial charge in [0.25, 0.3) is 0 Å². The van der Waals surface area contributed by atoms with Gasteiger partial charge < -0.3 is 10.3 Å². The lowest BCUT2D eigenvalue weighted by Gasteiger charge is -1.89. The molecule has 2 N–H and O–H groups in total. The Morgan fingerprint density at radius 1 is 1.54 bits per heavy atom. The molecule has 0 bridgehead atoms. The zero-order chi connectivity index (χ0) is 9.84. The molecule has 1 heterocycles. The number of hydrogen-bond donors (Lipinski definition) is 1. The summed E-state index contributed by atoms with van der Waals surface area (Å²) in [7, 11) is 1.68. The maximum absolute atomic E-state index is 5.55. The van der Waals surface area contributed by atoms with E-state index in [0.29, 0.717) is 5.88 Å². The lowest BCUT2D eigenvalue weighted by atomic mass is 10.2. The molecular formula is C9H13N3O. The van der Waals surface area contributed by atoms with E-state index in [1.165, 1.54) is 0 Å². The molecule has 1 aromatic rings. The number of nitrogen functional groups attached to an aromatic ring is 1. The monoisotopic (exact) mass is 179 g/mol. The molecule has 0 atom stereocenters. The fourth-order valence-corrected chi connectivity index (χ4v) is 0.959. The van der Waals surface area contributed by atoms with Crippen LogP contribution in [0, 0.1) is 0 Å². The van der Waals surface area contributed by atoms with Crippen LogP contribution in [0.25, 0.3) is 6.08 Å².